The van der Waals surface area contributed by atoms with E-state index in [9.17, 15) is 0 Å². The van der Waals surface area contributed by atoms with Crippen LogP contribution in [-0.2, 0) is 10.2 Å². The van der Waals surface area contributed by atoms with Gasteiger partial charge in [0.1, 0.15) is 0 Å². The van der Waals surface area contributed by atoms with E-state index in [1.54, 1.807) is 5.56 Å². The quantitative estimate of drug-likeness (QED) is 0.745. The van der Waals surface area contributed by atoms with Gasteiger partial charge in [-0.25, -0.2) is 0 Å². The SMILES string of the molecule is c1ccc2c(c1)C1OCCC1CC21CCN(CC2CCCCC2)CC1. The molecule has 1 aromatic rings. The molecule has 2 aliphatic heterocycles. The molecule has 136 valence electrons. The van der Waals surface area contributed by atoms with Gasteiger partial charge in [0.2, 0.25) is 0 Å². The first-order valence-corrected chi connectivity index (χ1v) is 10.8. The lowest BCUT2D eigenvalue weighted by Crippen LogP contribution is -2.47. The Kier molecular flexibility index (Phi) is 4.38. The van der Waals surface area contributed by atoms with Gasteiger partial charge in [0, 0.05) is 13.2 Å². The van der Waals surface area contributed by atoms with Gasteiger partial charge in [-0.05, 0) is 80.0 Å². The third-order valence-electron chi connectivity index (χ3n) is 7.76. The van der Waals surface area contributed by atoms with Crippen LogP contribution in [0.3, 0.4) is 0 Å². The molecular formula is C23H33NO. The van der Waals surface area contributed by atoms with E-state index in [1.807, 2.05) is 0 Å². The van der Waals surface area contributed by atoms with Crippen molar-refractivity contribution in [1.82, 2.24) is 4.90 Å². The van der Waals surface area contributed by atoms with Crippen molar-refractivity contribution in [2.24, 2.45) is 11.8 Å². The van der Waals surface area contributed by atoms with E-state index in [4.69, 9.17) is 4.74 Å². The van der Waals surface area contributed by atoms with E-state index in [-0.39, 0.29) is 0 Å². The lowest BCUT2D eigenvalue weighted by molar-refractivity contribution is 0.0496. The number of hydrogen-bond donors (Lipinski definition) is 0. The predicted octanol–water partition coefficient (Wildman–Crippen LogP) is 5.08. The Balaban J connectivity index is 1.32. The molecule has 4 aliphatic rings. The van der Waals surface area contributed by atoms with Gasteiger partial charge >= 0.3 is 0 Å². The smallest absolute Gasteiger partial charge is 0.0857 e. The number of benzene rings is 1. The van der Waals surface area contributed by atoms with Gasteiger partial charge in [0.25, 0.3) is 0 Å². The average molecular weight is 340 g/mol. The monoisotopic (exact) mass is 339 g/mol. The highest BCUT2D eigenvalue weighted by Crippen LogP contribution is 2.54. The third kappa shape index (κ3) is 2.96. The highest BCUT2D eigenvalue weighted by Gasteiger charge is 2.47. The Hall–Kier alpha value is -0.860. The van der Waals surface area contributed by atoms with E-state index < -0.39 is 0 Å². The summed E-state index contributed by atoms with van der Waals surface area (Å²) in [7, 11) is 0. The highest BCUT2D eigenvalue weighted by molar-refractivity contribution is 5.40. The fraction of sp³-hybridized carbons (Fsp3) is 0.739. The van der Waals surface area contributed by atoms with Crippen LogP contribution < -0.4 is 0 Å². The summed E-state index contributed by atoms with van der Waals surface area (Å²) in [5.74, 6) is 1.74. The zero-order valence-corrected chi connectivity index (χ0v) is 15.6. The fourth-order valence-corrected chi connectivity index (χ4v) is 6.40. The van der Waals surface area contributed by atoms with Crippen molar-refractivity contribution in [2.45, 2.75) is 69.3 Å². The molecule has 3 fully saturated rings. The maximum atomic E-state index is 6.13. The molecule has 1 spiro atoms. The Morgan fingerprint density at radius 1 is 1.00 bits per heavy atom. The molecule has 0 bridgehead atoms. The van der Waals surface area contributed by atoms with Gasteiger partial charge in [-0.1, -0.05) is 43.5 Å². The third-order valence-corrected chi connectivity index (χ3v) is 7.76. The summed E-state index contributed by atoms with van der Waals surface area (Å²) >= 11 is 0. The van der Waals surface area contributed by atoms with Crippen molar-refractivity contribution in [2.75, 3.05) is 26.2 Å². The Labute approximate surface area is 152 Å². The van der Waals surface area contributed by atoms with E-state index in [1.165, 1.54) is 83.0 Å². The van der Waals surface area contributed by atoms with Gasteiger partial charge in [-0.3, -0.25) is 0 Å². The minimum absolute atomic E-state index is 0.391. The van der Waals surface area contributed by atoms with E-state index >= 15 is 0 Å². The van der Waals surface area contributed by atoms with Crippen molar-refractivity contribution in [3.63, 3.8) is 0 Å². The molecule has 2 unspecified atom stereocenters. The normalized spacial score (nSPS) is 32.5. The Morgan fingerprint density at radius 2 is 1.80 bits per heavy atom. The molecule has 0 N–H and O–H groups in total. The summed E-state index contributed by atoms with van der Waals surface area (Å²) in [5, 5.41) is 0. The number of rotatable bonds is 2. The fourth-order valence-electron chi connectivity index (χ4n) is 6.40. The molecule has 2 atom stereocenters. The summed E-state index contributed by atoms with van der Waals surface area (Å²) in [6, 6.07) is 9.25. The number of hydrogen-bond acceptors (Lipinski definition) is 2. The number of likely N-dealkylation sites (tertiary alicyclic amines) is 1. The first-order valence-electron chi connectivity index (χ1n) is 10.8. The molecule has 2 nitrogen and oxygen atoms in total. The van der Waals surface area contributed by atoms with Crippen LogP contribution in [0.1, 0.15) is 75.0 Å². The molecular weight excluding hydrogens is 306 g/mol. The lowest BCUT2D eigenvalue weighted by Gasteiger charge is -2.49. The number of piperidine rings is 1. The van der Waals surface area contributed by atoms with Crippen LogP contribution in [0.15, 0.2) is 24.3 Å². The summed E-state index contributed by atoms with van der Waals surface area (Å²) in [5.41, 5.74) is 3.60. The molecule has 25 heavy (non-hydrogen) atoms. The predicted molar refractivity (Wildman–Crippen MR) is 102 cm³/mol. The second-order valence-corrected chi connectivity index (χ2v) is 9.22. The second-order valence-electron chi connectivity index (χ2n) is 9.22. The van der Waals surface area contributed by atoms with Crippen LogP contribution >= 0.6 is 0 Å². The summed E-state index contributed by atoms with van der Waals surface area (Å²) < 4.78 is 6.13. The molecule has 2 saturated heterocycles. The number of ether oxygens (including phenoxy) is 1. The molecule has 1 aromatic carbocycles. The Bertz CT molecular complexity index is 598. The minimum atomic E-state index is 0.391. The molecule has 5 rings (SSSR count). The number of fused-ring (bicyclic) bond motifs is 4. The van der Waals surface area contributed by atoms with Gasteiger partial charge in [0.05, 0.1) is 6.10 Å². The minimum Gasteiger partial charge on any atom is -0.373 e. The van der Waals surface area contributed by atoms with Crippen molar-refractivity contribution in [3.8, 4) is 0 Å². The first kappa shape index (κ1) is 16.3. The van der Waals surface area contributed by atoms with Crippen LogP contribution in [0.5, 0.6) is 0 Å². The van der Waals surface area contributed by atoms with Crippen LogP contribution in [0.2, 0.25) is 0 Å². The molecule has 2 aliphatic carbocycles. The van der Waals surface area contributed by atoms with Crippen molar-refractivity contribution < 1.29 is 4.74 Å². The molecule has 0 aromatic heterocycles. The Morgan fingerprint density at radius 3 is 2.64 bits per heavy atom. The van der Waals surface area contributed by atoms with E-state index in [2.05, 4.69) is 29.2 Å². The average Bonchev–Trinajstić information content (AvgIpc) is 3.13. The lowest BCUT2D eigenvalue weighted by atomic mass is 9.61. The first-order chi connectivity index (χ1) is 12.3. The molecule has 2 heteroatoms. The van der Waals surface area contributed by atoms with Gasteiger partial charge in [-0.15, -0.1) is 0 Å². The van der Waals surface area contributed by atoms with Crippen molar-refractivity contribution in [1.29, 1.82) is 0 Å². The van der Waals surface area contributed by atoms with Gasteiger partial charge < -0.3 is 9.64 Å². The number of nitrogens with zero attached hydrogens (tertiary/aromatic N) is 1. The van der Waals surface area contributed by atoms with Crippen LogP contribution in [-0.4, -0.2) is 31.1 Å². The highest BCUT2D eigenvalue weighted by atomic mass is 16.5. The molecule has 0 radical (unpaired) electrons. The van der Waals surface area contributed by atoms with E-state index in [0.29, 0.717) is 11.5 Å². The van der Waals surface area contributed by atoms with Gasteiger partial charge in [0.15, 0.2) is 0 Å². The molecule has 0 amide bonds. The van der Waals surface area contributed by atoms with E-state index in [0.717, 1.165) is 18.4 Å². The van der Waals surface area contributed by atoms with Gasteiger partial charge in [-0.2, -0.15) is 0 Å². The topological polar surface area (TPSA) is 12.5 Å². The van der Waals surface area contributed by atoms with Crippen LogP contribution in [0.4, 0.5) is 0 Å². The standard InChI is InChI=1S/C23H33NO/c1-2-6-18(7-3-1)17-24-13-11-23(12-14-24)16-19-10-15-25-22(19)20-8-4-5-9-21(20)23/h4-5,8-9,18-19,22H,1-3,6-7,10-17H2. The van der Waals surface area contributed by atoms with Crippen LogP contribution in [0, 0.1) is 11.8 Å². The van der Waals surface area contributed by atoms with Crippen LogP contribution in [0.25, 0.3) is 0 Å². The maximum Gasteiger partial charge on any atom is 0.0857 e. The summed E-state index contributed by atoms with van der Waals surface area (Å²) in [4.78, 5) is 2.79. The molecule has 1 saturated carbocycles. The summed E-state index contributed by atoms with van der Waals surface area (Å²) in [6.45, 7) is 4.95. The molecule has 2 heterocycles. The zero-order valence-electron chi connectivity index (χ0n) is 15.6. The zero-order chi connectivity index (χ0) is 16.7. The van der Waals surface area contributed by atoms with Crippen molar-refractivity contribution >= 4 is 0 Å². The maximum absolute atomic E-state index is 6.13. The largest absolute Gasteiger partial charge is 0.373 e. The van der Waals surface area contributed by atoms with Crippen molar-refractivity contribution in [3.05, 3.63) is 35.4 Å². The second kappa shape index (κ2) is 6.70. The summed E-state index contributed by atoms with van der Waals surface area (Å²) in [6.07, 6.45) is 13.1.